The summed E-state index contributed by atoms with van der Waals surface area (Å²) in [4.78, 5) is 0. The highest BCUT2D eigenvalue weighted by molar-refractivity contribution is 5.26. The second-order valence-electron chi connectivity index (χ2n) is 6.76. The number of hydrogen-bond donors (Lipinski definition) is 0. The van der Waals surface area contributed by atoms with Gasteiger partial charge in [-0.3, -0.25) is 0 Å². The fourth-order valence-corrected chi connectivity index (χ4v) is 3.98. The molecule has 2 aliphatic carbocycles. The van der Waals surface area contributed by atoms with Gasteiger partial charge in [0.05, 0.1) is 10.8 Å². The molecule has 0 radical (unpaired) electrons. The lowest BCUT2D eigenvalue weighted by Gasteiger charge is -2.40. The van der Waals surface area contributed by atoms with Crippen molar-refractivity contribution >= 4 is 0 Å². The van der Waals surface area contributed by atoms with Gasteiger partial charge in [0.2, 0.25) is 5.67 Å². The molecule has 3 unspecified atom stereocenters. The molecule has 0 aromatic rings. The van der Waals surface area contributed by atoms with E-state index in [0.717, 1.165) is 0 Å². The van der Waals surface area contributed by atoms with E-state index < -0.39 is 79.5 Å². The Labute approximate surface area is 133 Å². The summed E-state index contributed by atoms with van der Waals surface area (Å²) >= 11 is 0. The van der Waals surface area contributed by atoms with Gasteiger partial charge in [0.15, 0.2) is 0 Å². The minimum atomic E-state index is -6.39. The van der Waals surface area contributed by atoms with Crippen LogP contribution in [0.25, 0.3) is 0 Å². The fourth-order valence-electron chi connectivity index (χ4n) is 3.98. The summed E-state index contributed by atoms with van der Waals surface area (Å²) in [6, 6.07) is 0. The zero-order chi connectivity index (χ0) is 19.7. The van der Waals surface area contributed by atoms with Crippen LogP contribution < -0.4 is 0 Å². The Kier molecular flexibility index (Phi) is 4.19. The zero-order valence-electron chi connectivity index (χ0n) is 12.3. The Morgan fingerprint density at radius 3 is 1.44 bits per heavy atom. The van der Waals surface area contributed by atoms with Gasteiger partial charge in [-0.05, 0) is 25.7 Å². The van der Waals surface area contributed by atoms with Crippen LogP contribution in [-0.2, 0) is 0 Å². The quantitative estimate of drug-likeness (QED) is 0.453. The third-order valence-electron chi connectivity index (χ3n) is 5.41. The normalized spacial score (nSPS) is 37.9. The maximum atomic E-state index is 14.3. The van der Waals surface area contributed by atoms with E-state index in [1.54, 1.807) is 0 Å². The van der Waals surface area contributed by atoms with Crippen LogP contribution in [0.1, 0.15) is 38.5 Å². The highest BCUT2D eigenvalue weighted by atomic mass is 19.4. The maximum absolute atomic E-state index is 14.3. The van der Waals surface area contributed by atoms with Gasteiger partial charge in [-0.2, -0.15) is 48.3 Å². The van der Waals surface area contributed by atoms with E-state index in [1.165, 1.54) is 0 Å². The smallest absolute Gasteiger partial charge is 0.234 e. The molecule has 0 aromatic carbocycles. The Hall–Kier alpha value is -0.840. The molecular weight excluding hydrogens is 384 g/mol. The monoisotopic (exact) mass is 396 g/mol. The molecule has 3 atom stereocenters. The van der Waals surface area contributed by atoms with E-state index in [0.29, 0.717) is 0 Å². The molecular formula is C13H12F12. The molecule has 0 N–H and O–H groups in total. The first-order valence-electron chi connectivity index (χ1n) is 7.14. The molecule has 0 aliphatic heterocycles. The first-order valence-corrected chi connectivity index (χ1v) is 7.14. The molecule has 0 heterocycles. The summed E-state index contributed by atoms with van der Waals surface area (Å²) in [5.74, 6) is -5.89. The van der Waals surface area contributed by atoms with Crippen LogP contribution in [0, 0.1) is 10.8 Å². The molecule has 2 fully saturated rings. The second-order valence-corrected chi connectivity index (χ2v) is 6.76. The lowest BCUT2D eigenvalue weighted by Crippen LogP contribution is -2.54. The molecule has 0 amide bonds. The number of fused-ring (bicyclic) bond motifs is 1. The predicted molar refractivity (Wildman–Crippen MR) is 59.5 cm³/mol. The molecule has 0 spiro atoms. The Morgan fingerprint density at radius 1 is 0.560 bits per heavy atom. The standard InChI is InChI=1S/C13H12F12/c14-9(12(20,21)22)4-2-1-3-7(10(15,16)13(23,24)25)5-8(7,6-9)11(17,18)19/h1-6H2. The maximum Gasteiger partial charge on any atom is 0.453 e. The topological polar surface area (TPSA) is 0 Å². The van der Waals surface area contributed by atoms with Crippen molar-refractivity contribution in [2.75, 3.05) is 0 Å². The van der Waals surface area contributed by atoms with Crippen LogP contribution in [0.4, 0.5) is 52.7 Å². The average Bonchev–Trinajstić information content (AvgIpc) is 2.99. The van der Waals surface area contributed by atoms with Crippen molar-refractivity contribution in [2.45, 2.75) is 68.6 Å². The highest BCUT2D eigenvalue weighted by Gasteiger charge is 2.92. The minimum Gasteiger partial charge on any atom is -0.234 e. The molecule has 2 aliphatic rings. The van der Waals surface area contributed by atoms with Gasteiger partial charge in [-0.15, -0.1) is 0 Å². The van der Waals surface area contributed by atoms with E-state index in [4.69, 9.17) is 0 Å². The van der Waals surface area contributed by atoms with Crippen molar-refractivity contribution in [3.05, 3.63) is 0 Å². The molecule has 2 saturated carbocycles. The average molecular weight is 396 g/mol. The number of alkyl halides is 12. The zero-order valence-corrected chi connectivity index (χ0v) is 12.3. The van der Waals surface area contributed by atoms with Gasteiger partial charge >= 0.3 is 24.5 Å². The lowest BCUT2D eigenvalue weighted by molar-refractivity contribution is -0.335. The van der Waals surface area contributed by atoms with Crippen molar-refractivity contribution in [3.8, 4) is 0 Å². The van der Waals surface area contributed by atoms with Crippen molar-refractivity contribution in [2.24, 2.45) is 10.8 Å². The number of rotatable bonds is 1. The summed E-state index contributed by atoms with van der Waals surface area (Å²) in [5, 5.41) is 0. The van der Waals surface area contributed by atoms with Crippen molar-refractivity contribution < 1.29 is 52.7 Å². The summed E-state index contributed by atoms with van der Waals surface area (Å²) in [6.07, 6.45) is -26.7. The van der Waals surface area contributed by atoms with Crippen LogP contribution in [-0.4, -0.2) is 30.1 Å². The van der Waals surface area contributed by atoms with Gasteiger partial charge in [-0.25, -0.2) is 4.39 Å². The van der Waals surface area contributed by atoms with E-state index in [1.807, 2.05) is 0 Å². The third kappa shape index (κ3) is 2.60. The van der Waals surface area contributed by atoms with Crippen LogP contribution in [0.5, 0.6) is 0 Å². The van der Waals surface area contributed by atoms with E-state index in [9.17, 15) is 52.7 Å². The molecule has 12 heteroatoms. The lowest BCUT2D eigenvalue weighted by atomic mass is 9.72. The first kappa shape index (κ1) is 20.5. The second kappa shape index (κ2) is 5.11. The van der Waals surface area contributed by atoms with E-state index in [-0.39, 0.29) is 0 Å². The largest absolute Gasteiger partial charge is 0.453 e. The molecule has 0 aromatic heterocycles. The van der Waals surface area contributed by atoms with Gasteiger partial charge in [-0.1, -0.05) is 6.42 Å². The molecule has 0 saturated heterocycles. The van der Waals surface area contributed by atoms with Gasteiger partial charge in [0.1, 0.15) is 0 Å². The van der Waals surface area contributed by atoms with Crippen LogP contribution in [0.3, 0.4) is 0 Å². The minimum absolute atomic E-state index is 0.750. The Bertz CT molecular complexity index is 529. The van der Waals surface area contributed by atoms with Crippen molar-refractivity contribution in [3.63, 3.8) is 0 Å². The van der Waals surface area contributed by atoms with Crippen LogP contribution in [0.15, 0.2) is 0 Å². The number of hydrogen-bond acceptors (Lipinski definition) is 0. The van der Waals surface area contributed by atoms with Gasteiger partial charge in [0, 0.05) is 6.42 Å². The molecule has 2 rings (SSSR count). The molecule has 148 valence electrons. The predicted octanol–water partition coefficient (Wildman–Crippen LogP) is 6.36. The van der Waals surface area contributed by atoms with Crippen molar-refractivity contribution in [1.29, 1.82) is 0 Å². The van der Waals surface area contributed by atoms with E-state index in [2.05, 4.69) is 0 Å². The summed E-state index contributed by atoms with van der Waals surface area (Å²) in [7, 11) is 0. The summed E-state index contributed by atoms with van der Waals surface area (Å²) < 4.78 is 159. The van der Waals surface area contributed by atoms with E-state index >= 15 is 0 Å². The third-order valence-corrected chi connectivity index (χ3v) is 5.41. The highest BCUT2D eigenvalue weighted by Crippen LogP contribution is 2.83. The van der Waals surface area contributed by atoms with Gasteiger partial charge in [0.25, 0.3) is 0 Å². The first-order chi connectivity index (χ1) is 10.9. The van der Waals surface area contributed by atoms with Crippen LogP contribution >= 0.6 is 0 Å². The fraction of sp³-hybridized carbons (Fsp3) is 1.00. The summed E-state index contributed by atoms with van der Waals surface area (Å²) in [5.41, 5.74) is -12.4. The molecule has 0 bridgehead atoms. The SMILES string of the molecule is FC(F)(F)C1(F)CCCCC2(C(F)(F)C(F)(F)F)CC2(C(F)(F)F)C1. The summed E-state index contributed by atoms with van der Waals surface area (Å²) in [6.45, 7) is 0. The Morgan fingerprint density at radius 2 is 1.04 bits per heavy atom. The van der Waals surface area contributed by atoms with Crippen LogP contribution in [0.2, 0.25) is 0 Å². The Balaban J connectivity index is 2.61. The molecule has 0 nitrogen and oxygen atoms in total. The number of halogens is 12. The molecule has 25 heavy (non-hydrogen) atoms. The van der Waals surface area contributed by atoms with Crippen molar-refractivity contribution in [1.82, 2.24) is 0 Å². The van der Waals surface area contributed by atoms with Gasteiger partial charge < -0.3 is 0 Å².